The Balaban J connectivity index is 1.65. The molecule has 1 unspecified atom stereocenters. The van der Waals surface area contributed by atoms with Crippen molar-refractivity contribution in [3.8, 4) is 0 Å². The smallest absolute Gasteiger partial charge is 0.314 e. The lowest BCUT2D eigenvalue weighted by Crippen LogP contribution is -2.50. The highest BCUT2D eigenvalue weighted by molar-refractivity contribution is 5.78. The first-order valence-corrected chi connectivity index (χ1v) is 7.92. The quantitative estimate of drug-likeness (QED) is 0.689. The highest BCUT2D eigenvalue weighted by Crippen LogP contribution is 2.40. The third-order valence-electron chi connectivity index (χ3n) is 4.95. The van der Waals surface area contributed by atoms with Gasteiger partial charge in [0.05, 0.1) is 5.41 Å². The van der Waals surface area contributed by atoms with Crippen LogP contribution in [0.15, 0.2) is 0 Å². The van der Waals surface area contributed by atoms with Gasteiger partial charge in [-0.1, -0.05) is 6.42 Å². The van der Waals surface area contributed by atoms with Gasteiger partial charge < -0.3 is 20.6 Å². The molecule has 1 aliphatic heterocycles. The number of nitrogens with one attached hydrogen (secondary N) is 2. The van der Waals surface area contributed by atoms with Crippen LogP contribution in [-0.4, -0.2) is 54.2 Å². The second kappa shape index (κ2) is 6.64. The third-order valence-corrected chi connectivity index (χ3v) is 4.95. The van der Waals surface area contributed by atoms with Crippen molar-refractivity contribution < 1.29 is 14.7 Å². The first kappa shape index (κ1) is 16.1. The lowest BCUT2D eigenvalue weighted by Gasteiger charge is -2.37. The average molecular weight is 297 g/mol. The number of carbonyl (C=O) groups is 2. The molecule has 1 saturated heterocycles. The average Bonchev–Trinajstić information content (AvgIpc) is 2.83. The molecule has 1 saturated carbocycles. The Bertz CT molecular complexity index is 394. The minimum Gasteiger partial charge on any atom is -0.481 e. The van der Waals surface area contributed by atoms with Gasteiger partial charge in [-0.05, 0) is 45.6 Å². The fraction of sp³-hybridized carbons (Fsp3) is 0.867. The molecular formula is C15H27N3O3. The summed E-state index contributed by atoms with van der Waals surface area (Å²) in [5.41, 5.74) is -0.723. The van der Waals surface area contributed by atoms with Gasteiger partial charge in [0, 0.05) is 25.7 Å². The van der Waals surface area contributed by atoms with Gasteiger partial charge in [0.2, 0.25) is 0 Å². The maximum atomic E-state index is 11.8. The lowest BCUT2D eigenvalue weighted by molar-refractivity contribution is -0.153. The fourth-order valence-corrected chi connectivity index (χ4v) is 3.12. The summed E-state index contributed by atoms with van der Waals surface area (Å²) in [4.78, 5) is 25.4. The number of hydrogen-bond acceptors (Lipinski definition) is 3. The number of urea groups is 1. The normalized spacial score (nSPS) is 24.6. The van der Waals surface area contributed by atoms with E-state index in [0.29, 0.717) is 31.3 Å². The summed E-state index contributed by atoms with van der Waals surface area (Å²) in [5, 5.41) is 14.8. The molecule has 120 valence electrons. The van der Waals surface area contributed by atoms with Crippen LogP contribution < -0.4 is 10.6 Å². The number of hydrogen-bond donors (Lipinski definition) is 3. The van der Waals surface area contributed by atoms with Crippen LogP contribution in [-0.2, 0) is 4.79 Å². The van der Waals surface area contributed by atoms with Gasteiger partial charge >= 0.3 is 12.0 Å². The van der Waals surface area contributed by atoms with Crippen LogP contribution >= 0.6 is 0 Å². The number of nitrogens with zero attached hydrogens (tertiary/aromatic N) is 1. The largest absolute Gasteiger partial charge is 0.481 e. The van der Waals surface area contributed by atoms with Crippen molar-refractivity contribution in [1.29, 1.82) is 0 Å². The summed E-state index contributed by atoms with van der Waals surface area (Å²) in [6.45, 7) is 7.38. The zero-order chi connectivity index (χ0) is 15.5. The summed E-state index contributed by atoms with van der Waals surface area (Å²) in [5.74, 6) is -0.298. The zero-order valence-electron chi connectivity index (χ0n) is 13.0. The van der Waals surface area contributed by atoms with Crippen LogP contribution in [0.5, 0.6) is 0 Å². The summed E-state index contributed by atoms with van der Waals surface area (Å²) < 4.78 is 0. The maximum absolute atomic E-state index is 11.8. The van der Waals surface area contributed by atoms with Crippen molar-refractivity contribution in [2.45, 2.75) is 45.6 Å². The Morgan fingerprint density at radius 1 is 1.33 bits per heavy atom. The van der Waals surface area contributed by atoms with Crippen LogP contribution in [0.4, 0.5) is 4.79 Å². The number of amides is 2. The minimum absolute atomic E-state index is 0.233. The SMILES string of the molecule is CC(C)N1CCC(CNC(=O)NCC2(C(=O)O)CCC2)C1. The fourth-order valence-electron chi connectivity index (χ4n) is 3.12. The molecule has 2 fully saturated rings. The van der Waals surface area contributed by atoms with E-state index in [1.807, 2.05) is 0 Å². The monoisotopic (exact) mass is 297 g/mol. The van der Waals surface area contributed by atoms with Gasteiger partial charge in [-0.25, -0.2) is 4.79 Å². The number of aliphatic carboxylic acids is 1. The van der Waals surface area contributed by atoms with Gasteiger partial charge in [0.25, 0.3) is 0 Å². The number of carboxylic acids is 1. The Morgan fingerprint density at radius 2 is 2.05 bits per heavy atom. The predicted molar refractivity (Wildman–Crippen MR) is 80.1 cm³/mol. The molecule has 0 aromatic carbocycles. The van der Waals surface area contributed by atoms with Crippen LogP contribution in [0, 0.1) is 11.3 Å². The molecule has 0 bridgehead atoms. The molecule has 0 radical (unpaired) electrons. The summed E-state index contributed by atoms with van der Waals surface area (Å²) in [6, 6.07) is 0.309. The second-order valence-electron chi connectivity index (χ2n) is 6.75. The van der Waals surface area contributed by atoms with E-state index in [2.05, 4.69) is 29.4 Å². The number of carboxylic acid groups (broad SMARTS) is 1. The molecule has 3 N–H and O–H groups in total. The molecule has 6 heteroatoms. The van der Waals surface area contributed by atoms with Gasteiger partial charge in [-0.2, -0.15) is 0 Å². The second-order valence-corrected chi connectivity index (χ2v) is 6.75. The van der Waals surface area contributed by atoms with Gasteiger partial charge in [0.15, 0.2) is 0 Å². The molecule has 0 spiro atoms. The Morgan fingerprint density at radius 3 is 2.52 bits per heavy atom. The lowest BCUT2D eigenvalue weighted by atomic mass is 9.69. The third kappa shape index (κ3) is 3.87. The van der Waals surface area contributed by atoms with E-state index in [1.165, 1.54) is 0 Å². The molecule has 1 heterocycles. The van der Waals surface area contributed by atoms with E-state index in [0.717, 1.165) is 25.9 Å². The molecule has 21 heavy (non-hydrogen) atoms. The molecule has 6 nitrogen and oxygen atoms in total. The zero-order valence-corrected chi connectivity index (χ0v) is 13.0. The number of carbonyl (C=O) groups excluding carboxylic acids is 1. The van der Waals surface area contributed by atoms with E-state index < -0.39 is 11.4 Å². The van der Waals surface area contributed by atoms with Crippen molar-refractivity contribution in [1.82, 2.24) is 15.5 Å². The van der Waals surface area contributed by atoms with E-state index in [-0.39, 0.29) is 12.6 Å². The van der Waals surface area contributed by atoms with Crippen molar-refractivity contribution in [3.63, 3.8) is 0 Å². The molecule has 2 aliphatic rings. The molecule has 2 rings (SSSR count). The van der Waals surface area contributed by atoms with Crippen LogP contribution in [0.3, 0.4) is 0 Å². The minimum atomic E-state index is -0.794. The summed E-state index contributed by atoms with van der Waals surface area (Å²) in [6.07, 6.45) is 3.36. The van der Waals surface area contributed by atoms with Gasteiger partial charge in [-0.3, -0.25) is 4.79 Å². The molecule has 1 atom stereocenters. The molecule has 0 aromatic rings. The molecule has 1 aliphatic carbocycles. The summed E-state index contributed by atoms with van der Waals surface area (Å²) in [7, 11) is 0. The standard InChI is InChI=1S/C15H27N3O3/c1-11(2)18-7-4-12(9-18)8-16-14(21)17-10-15(13(19)20)5-3-6-15/h11-12H,3-10H2,1-2H3,(H,19,20)(H2,16,17,21). The van der Waals surface area contributed by atoms with Crippen molar-refractivity contribution in [3.05, 3.63) is 0 Å². The predicted octanol–water partition coefficient (Wildman–Crippen LogP) is 1.27. The molecular weight excluding hydrogens is 270 g/mol. The van der Waals surface area contributed by atoms with E-state index >= 15 is 0 Å². The topological polar surface area (TPSA) is 81.7 Å². The first-order chi connectivity index (χ1) is 9.93. The van der Waals surface area contributed by atoms with Gasteiger partial charge in [0.1, 0.15) is 0 Å². The Hall–Kier alpha value is -1.30. The Kier molecular flexibility index (Phi) is 5.08. The van der Waals surface area contributed by atoms with Crippen molar-refractivity contribution in [2.75, 3.05) is 26.2 Å². The highest BCUT2D eigenvalue weighted by atomic mass is 16.4. The van der Waals surface area contributed by atoms with Crippen LogP contribution in [0.1, 0.15) is 39.5 Å². The van der Waals surface area contributed by atoms with Crippen LogP contribution in [0.2, 0.25) is 0 Å². The van der Waals surface area contributed by atoms with E-state index in [9.17, 15) is 14.7 Å². The van der Waals surface area contributed by atoms with Gasteiger partial charge in [-0.15, -0.1) is 0 Å². The molecule has 2 amide bonds. The van der Waals surface area contributed by atoms with E-state index in [1.54, 1.807) is 0 Å². The van der Waals surface area contributed by atoms with Crippen molar-refractivity contribution >= 4 is 12.0 Å². The summed E-state index contributed by atoms with van der Waals surface area (Å²) >= 11 is 0. The van der Waals surface area contributed by atoms with E-state index in [4.69, 9.17) is 0 Å². The number of likely N-dealkylation sites (tertiary alicyclic amines) is 1. The first-order valence-electron chi connectivity index (χ1n) is 7.92. The van der Waals surface area contributed by atoms with Crippen molar-refractivity contribution in [2.24, 2.45) is 11.3 Å². The molecule has 0 aromatic heterocycles. The van der Waals surface area contributed by atoms with Crippen LogP contribution in [0.25, 0.3) is 0 Å². The number of rotatable bonds is 6. The maximum Gasteiger partial charge on any atom is 0.314 e. The highest BCUT2D eigenvalue weighted by Gasteiger charge is 2.44. The Labute approximate surface area is 126 Å².